The first-order chi connectivity index (χ1) is 11.7. The van der Waals surface area contributed by atoms with E-state index >= 15 is 0 Å². The van der Waals surface area contributed by atoms with Crippen LogP contribution in [0, 0.1) is 0 Å². The molecule has 0 aliphatic rings. The lowest BCUT2D eigenvalue weighted by Crippen LogP contribution is -2.05. The predicted molar refractivity (Wildman–Crippen MR) is 104 cm³/mol. The highest BCUT2D eigenvalue weighted by atomic mass is 32.2. The molecule has 0 bridgehead atoms. The molecule has 0 radical (unpaired) electrons. The molecule has 0 amide bonds. The topological polar surface area (TPSA) is 34.1 Å². The highest BCUT2D eigenvalue weighted by Gasteiger charge is 2.11. The minimum absolute atomic E-state index is 0.200. The number of sulfone groups is 1. The van der Waals surface area contributed by atoms with Gasteiger partial charge in [0.15, 0.2) is 9.84 Å². The van der Waals surface area contributed by atoms with Gasteiger partial charge in [0.1, 0.15) is 0 Å². The van der Waals surface area contributed by atoms with Crippen molar-refractivity contribution in [3.8, 4) is 0 Å². The van der Waals surface area contributed by atoms with Gasteiger partial charge in [0.25, 0.3) is 0 Å². The Balaban J connectivity index is 2.00. The summed E-state index contributed by atoms with van der Waals surface area (Å²) in [6.45, 7) is 2.25. The minimum atomic E-state index is -3.13. The van der Waals surface area contributed by atoms with Crippen molar-refractivity contribution < 1.29 is 8.42 Å². The summed E-state index contributed by atoms with van der Waals surface area (Å²) < 4.78 is 24.2. The molecule has 0 unspecified atom stereocenters. The van der Waals surface area contributed by atoms with Crippen LogP contribution in [0.4, 0.5) is 0 Å². The molecule has 0 saturated carbocycles. The first-order valence-corrected chi connectivity index (χ1v) is 11.2. The van der Waals surface area contributed by atoms with Crippen LogP contribution in [0.3, 0.4) is 0 Å². The van der Waals surface area contributed by atoms with Gasteiger partial charge < -0.3 is 0 Å². The van der Waals surface area contributed by atoms with Gasteiger partial charge in [-0.05, 0) is 31.4 Å². The van der Waals surface area contributed by atoms with Crippen LogP contribution in [0.2, 0.25) is 0 Å². The van der Waals surface area contributed by atoms with Crippen LogP contribution < -0.4 is 0 Å². The summed E-state index contributed by atoms with van der Waals surface area (Å²) in [5, 5.41) is 0. The van der Waals surface area contributed by atoms with Crippen molar-refractivity contribution in [1.82, 2.24) is 0 Å². The smallest absolute Gasteiger partial charge is 0.178 e. The fraction of sp³-hybridized carbons (Fsp3) is 0.619. The molecule has 0 N–H and O–H groups in total. The summed E-state index contributed by atoms with van der Waals surface area (Å²) in [6.07, 6.45) is 17.9. The molecule has 0 fully saturated rings. The molecule has 0 heterocycles. The molecule has 3 heteroatoms. The third-order valence-corrected chi connectivity index (χ3v) is 6.06. The lowest BCUT2D eigenvalue weighted by molar-refractivity contribution is 0.566. The number of allylic oxidation sites excluding steroid dienone is 2. The maximum absolute atomic E-state index is 12.1. The van der Waals surface area contributed by atoms with Crippen molar-refractivity contribution in [2.45, 2.75) is 82.4 Å². The first-order valence-electron chi connectivity index (χ1n) is 9.59. The molecule has 136 valence electrons. The van der Waals surface area contributed by atoms with Crippen LogP contribution >= 0.6 is 0 Å². The highest BCUT2D eigenvalue weighted by molar-refractivity contribution is 7.91. The van der Waals surface area contributed by atoms with Crippen LogP contribution in [-0.2, 0) is 9.84 Å². The molecule has 0 spiro atoms. The van der Waals surface area contributed by atoms with E-state index in [1.54, 1.807) is 24.3 Å². The van der Waals surface area contributed by atoms with Crippen LogP contribution in [0.5, 0.6) is 0 Å². The van der Waals surface area contributed by atoms with E-state index in [4.69, 9.17) is 0 Å². The summed E-state index contributed by atoms with van der Waals surface area (Å²) in [7, 11) is -3.13. The number of unbranched alkanes of at least 4 members (excludes halogenated alkanes) is 9. The van der Waals surface area contributed by atoms with Crippen molar-refractivity contribution in [2.24, 2.45) is 0 Å². The fourth-order valence-electron chi connectivity index (χ4n) is 2.78. The summed E-state index contributed by atoms with van der Waals surface area (Å²) in [5.74, 6) is 0.200. The van der Waals surface area contributed by atoms with Gasteiger partial charge >= 0.3 is 0 Å². The predicted octanol–water partition coefficient (Wildman–Crippen LogP) is 6.33. The summed E-state index contributed by atoms with van der Waals surface area (Å²) in [6, 6.07) is 8.71. The van der Waals surface area contributed by atoms with Crippen molar-refractivity contribution in [1.29, 1.82) is 0 Å². The van der Waals surface area contributed by atoms with E-state index in [2.05, 4.69) is 13.0 Å². The van der Waals surface area contributed by atoms with E-state index in [1.807, 2.05) is 12.1 Å². The Hall–Kier alpha value is -1.09. The van der Waals surface area contributed by atoms with Gasteiger partial charge in [-0.25, -0.2) is 8.42 Å². The lowest BCUT2D eigenvalue weighted by atomic mass is 10.1. The normalized spacial score (nSPS) is 12.0. The molecule has 0 atom stereocenters. The van der Waals surface area contributed by atoms with E-state index in [9.17, 15) is 8.42 Å². The number of hydrogen-bond donors (Lipinski definition) is 0. The zero-order valence-corrected chi connectivity index (χ0v) is 16.1. The quantitative estimate of drug-likeness (QED) is 0.290. The molecule has 0 aliphatic heterocycles. The molecule has 1 aromatic rings. The second-order valence-corrected chi connectivity index (χ2v) is 8.62. The van der Waals surface area contributed by atoms with Crippen molar-refractivity contribution in [2.75, 3.05) is 5.75 Å². The molecule has 1 rings (SSSR count). The molecule has 24 heavy (non-hydrogen) atoms. The van der Waals surface area contributed by atoms with E-state index in [1.165, 1.54) is 57.8 Å². The molecule has 0 aromatic heterocycles. The highest BCUT2D eigenvalue weighted by Crippen LogP contribution is 2.12. The van der Waals surface area contributed by atoms with Crippen LogP contribution in [0.15, 0.2) is 47.4 Å². The Morgan fingerprint density at radius 3 is 1.92 bits per heavy atom. The zero-order chi connectivity index (χ0) is 17.5. The van der Waals surface area contributed by atoms with E-state index < -0.39 is 9.84 Å². The molecule has 1 aromatic carbocycles. The number of rotatable bonds is 14. The third kappa shape index (κ3) is 9.92. The Morgan fingerprint density at radius 1 is 0.750 bits per heavy atom. The Morgan fingerprint density at radius 2 is 1.29 bits per heavy atom. The SMILES string of the molecule is CCCCCCCCCCC/C=C/CCS(=O)(=O)c1ccccc1. The van der Waals surface area contributed by atoms with Crippen molar-refractivity contribution in [3.63, 3.8) is 0 Å². The Labute approximate surface area is 149 Å². The van der Waals surface area contributed by atoms with E-state index in [0.29, 0.717) is 11.3 Å². The van der Waals surface area contributed by atoms with Gasteiger partial charge in [-0.15, -0.1) is 0 Å². The summed E-state index contributed by atoms with van der Waals surface area (Å²) in [4.78, 5) is 0.428. The van der Waals surface area contributed by atoms with Gasteiger partial charge in [-0.1, -0.05) is 88.6 Å². The van der Waals surface area contributed by atoms with Gasteiger partial charge in [0.05, 0.1) is 10.6 Å². The largest absolute Gasteiger partial charge is 0.224 e. The third-order valence-electron chi connectivity index (χ3n) is 4.30. The van der Waals surface area contributed by atoms with Crippen molar-refractivity contribution >= 4 is 9.84 Å². The zero-order valence-electron chi connectivity index (χ0n) is 15.3. The first kappa shape index (κ1) is 21.0. The maximum Gasteiger partial charge on any atom is 0.178 e. The van der Waals surface area contributed by atoms with Gasteiger partial charge in [0, 0.05) is 0 Å². The molecular formula is C21H34O2S. The molecular weight excluding hydrogens is 316 g/mol. The Bertz CT molecular complexity index is 532. The average Bonchev–Trinajstić information content (AvgIpc) is 2.60. The van der Waals surface area contributed by atoms with Gasteiger partial charge in [-0.3, -0.25) is 0 Å². The van der Waals surface area contributed by atoms with Gasteiger partial charge in [0.2, 0.25) is 0 Å². The second-order valence-electron chi connectivity index (χ2n) is 6.51. The van der Waals surface area contributed by atoms with E-state index in [0.717, 1.165) is 6.42 Å². The second kappa shape index (κ2) is 13.2. The summed E-state index contributed by atoms with van der Waals surface area (Å²) in [5.41, 5.74) is 0. The standard InChI is InChI=1S/C21H34O2S/c1-2-3-4-5-6-7-8-9-10-11-12-13-17-20-24(22,23)21-18-15-14-16-19-21/h12-16,18-19H,2-11,17,20H2,1H3/b13-12+. The average molecular weight is 351 g/mol. The van der Waals surface area contributed by atoms with Crippen LogP contribution in [0.25, 0.3) is 0 Å². The van der Waals surface area contributed by atoms with Crippen molar-refractivity contribution in [3.05, 3.63) is 42.5 Å². The van der Waals surface area contributed by atoms with Gasteiger partial charge in [-0.2, -0.15) is 0 Å². The monoisotopic (exact) mass is 350 g/mol. The number of hydrogen-bond acceptors (Lipinski definition) is 2. The van der Waals surface area contributed by atoms with Crippen LogP contribution in [0.1, 0.15) is 77.6 Å². The molecule has 0 saturated heterocycles. The summed E-state index contributed by atoms with van der Waals surface area (Å²) >= 11 is 0. The maximum atomic E-state index is 12.1. The van der Waals surface area contributed by atoms with E-state index in [-0.39, 0.29) is 5.75 Å². The Kier molecular flexibility index (Phi) is 11.5. The number of benzene rings is 1. The fourth-order valence-corrected chi connectivity index (χ4v) is 4.03. The lowest BCUT2D eigenvalue weighted by Gasteiger charge is -2.02. The van der Waals surface area contributed by atoms with Crippen LogP contribution in [-0.4, -0.2) is 14.2 Å². The molecule has 0 aliphatic carbocycles. The molecule has 2 nitrogen and oxygen atoms in total. The minimum Gasteiger partial charge on any atom is -0.224 e.